The highest BCUT2D eigenvalue weighted by Gasteiger charge is 2.04. The van der Waals surface area contributed by atoms with E-state index >= 15 is 0 Å². The molecule has 15 heavy (non-hydrogen) atoms. The van der Waals surface area contributed by atoms with Gasteiger partial charge >= 0.3 is 0 Å². The predicted molar refractivity (Wildman–Crippen MR) is 54.9 cm³/mol. The monoisotopic (exact) mass is 223 g/mol. The van der Waals surface area contributed by atoms with Crippen LogP contribution in [0.3, 0.4) is 0 Å². The van der Waals surface area contributed by atoms with Gasteiger partial charge in [-0.15, -0.1) is 0 Å². The van der Waals surface area contributed by atoms with Crippen LogP contribution < -0.4 is 10.3 Å². The molecule has 0 aliphatic carbocycles. The van der Waals surface area contributed by atoms with Gasteiger partial charge in [0.25, 0.3) is 10.8 Å². The average Bonchev–Trinajstić information content (AvgIpc) is 2.22. The van der Waals surface area contributed by atoms with Crippen molar-refractivity contribution < 1.29 is 9.13 Å². The van der Waals surface area contributed by atoms with Crippen LogP contribution in [0.2, 0.25) is 0 Å². The molecule has 1 heterocycles. The van der Waals surface area contributed by atoms with Gasteiger partial charge in [-0.25, -0.2) is 4.39 Å². The SMILES string of the molecule is O=c1ccsc(Oc2ccccc2F)n1. The molecule has 1 aromatic carbocycles. The number of halogens is 1. The number of hydrogen-bond donors (Lipinski definition) is 0. The maximum Gasteiger partial charge on any atom is 0.282 e. The first-order valence-corrected chi connectivity index (χ1v) is 5.02. The van der Waals surface area contributed by atoms with Crippen molar-refractivity contribution in [1.29, 1.82) is 0 Å². The molecule has 0 radical (unpaired) electrons. The second kappa shape index (κ2) is 4.18. The summed E-state index contributed by atoms with van der Waals surface area (Å²) >= 11 is 1.13. The van der Waals surface area contributed by atoms with Crippen LogP contribution in [-0.4, -0.2) is 4.98 Å². The molecule has 2 aromatic rings. The van der Waals surface area contributed by atoms with E-state index in [4.69, 9.17) is 4.74 Å². The highest BCUT2D eigenvalue weighted by molar-refractivity contribution is 7.11. The molecule has 0 amide bonds. The Morgan fingerprint density at radius 1 is 1.27 bits per heavy atom. The standard InChI is InChI=1S/C10H6FNO2S/c11-7-3-1-2-4-8(7)14-10-12-9(13)5-6-15-10/h1-6H. The molecule has 0 N–H and O–H groups in total. The van der Waals surface area contributed by atoms with Crippen LogP contribution in [0.15, 0.2) is 40.5 Å². The topological polar surface area (TPSA) is 39.2 Å². The van der Waals surface area contributed by atoms with Gasteiger partial charge in [0.2, 0.25) is 0 Å². The fourth-order valence-corrected chi connectivity index (χ4v) is 1.55. The van der Waals surface area contributed by atoms with E-state index in [9.17, 15) is 9.18 Å². The van der Waals surface area contributed by atoms with Gasteiger partial charge in [0, 0.05) is 11.4 Å². The summed E-state index contributed by atoms with van der Waals surface area (Å²) in [6.45, 7) is 0. The molecular formula is C10H6FNO2S. The van der Waals surface area contributed by atoms with Crippen molar-refractivity contribution in [2.45, 2.75) is 0 Å². The molecule has 0 aliphatic heterocycles. The molecule has 0 spiro atoms. The van der Waals surface area contributed by atoms with Gasteiger partial charge in [-0.1, -0.05) is 23.5 Å². The molecule has 76 valence electrons. The Balaban J connectivity index is 2.30. The Morgan fingerprint density at radius 3 is 2.80 bits per heavy atom. The molecule has 0 unspecified atom stereocenters. The lowest BCUT2D eigenvalue weighted by Gasteiger charge is -2.02. The zero-order valence-electron chi connectivity index (χ0n) is 7.51. The summed E-state index contributed by atoms with van der Waals surface area (Å²) in [7, 11) is 0. The molecule has 0 saturated carbocycles. The van der Waals surface area contributed by atoms with Gasteiger partial charge in [-0.05, 0) is 12.1 Å². The van der Waals surface area contributed by atoms with Crippen molar-refractivity contribution in [2.24, 2.45) is 0 Å². The van der Waals surface area contributed by atoms with E-state index in [-0.39, 0.29) is 10.9 Å². The Kier molecular flexibility index (Phi) is 2.73. The number of ether oxygens (including phenoxy) is 1. The fraction of sp³-hybridized carbons (Fsp3) is 0. The van der Waals surface area contributed by atoms with Crippen LogP contribution in [0.25, 0.3) is 0 Å². The molecule has 0 aliphatic rings. The molecule has 5 heteroatoms. The molecule has 0 atom stereocenters. The summed E-state index contributed by atoms with van der Waals surface area (Å²) in [6, 6.07) is 7.27. The number of nitrogens with zero attached hydrogens (tertiary/aromatic N) is 1. The second-order valence-corrected chi connectivity index (χ2v) is 3.53. The van der Waals surface area contributed by atoms with Crippen LogP contribution in [-0.2, 0) is 0 Å². The van der Waals surface area contributed by atoms with E-state index in [0.29, 0.717) is 0 Å². The van der Waals surface area contributed by atoms with E-state index in [0.717, 1.165) is 11.3 Å². The van der Waals surface area contributed by atoms with Crippen LogP contribution in [0.1, 0.15) is 0 Å². The van der Waals surface area contributed by atoms with Crippen molar-refractivity contribution in [3.63, 3.8) is 0 Å². The predicted octanol–water partition coefficient (Wildman–Crippen LogP) is 2.43. The smallest absolute Gasteiger partial charge is 0.282 e. The van der Waals surface area contributed by atoms with Crippen molar-refractivity contribution in [2.75, 3.05) is 0 Å². The van der Waals surface area contributed by atoms with Gasteiger partial charge in [0.1, 0.15) is 0 Å². The summed E-state index contributed by atoms with van der Waals surface area (Å²) in [5.41, 5.74) is -0.403. The summed E-state index contributed by atoms with van der Waals surface area (Å²) in [5, 5.41) is 1.68. The van der Waals surface area contributed by atoms with Crippen molar-refractivity contribution in [3.05, 3.63) is 51.9 Å². The summed E-state index contributed by atoms with van der Waals surface area (Å²) in [4.78, 5) is 14.5. The highest BCUT2D eigenvalue weighted by Crippen LogP contribution is 2.23. The summed E-state index contributed by atoms with van der Waals surface area (Å²) < 4.78 is 18.3. The summed E-state index contributed by atoms with van der Waals surface area (Å²) in [5.74, 6) is -0.422. The minimum atomic E-state index is -0.484. The van der Waals surface area contributed by atoms with Gasteiger partial charge in [-0.2, -0.15) is 4.98 Å². The lowest BCUT2D eigenvalue weighted by atomic mass is 10.3. The maximum absolute atomic E-state index is 13.1. The lowest BCUT2D eigenvalue weighted by Crippen LogP contribution is -2.02. The van der Waals surface area contributed by atoms with Gasteiger partial charge < -0.3 is 4.74 Å². The number of aromatic nitrogens is 1. The van der Waals surface area contributed by atoms with Crippen molar-refractivity contribution in [3.8, 4) is 10.9 Å². The zero-order valence-corrected chi connectivity index (χ0v) is 8.33. The third kappa shape index (κ3) is 2.38. The van der Waals surface area contributed by atoms with Crippen LogP contribution in [0.4, 0.5) is 4.39 Å². The van der Waals surface area contributed by atoms with Crippen LogP contribution in [0, 0.1) is 5.82 Å². The number of benzene rings is 1. The van der Waals surface area contributed by atoms with Crippen LogP contribution >= 0.6 is 11.3 Å². The molecule has 2 rings (SSSR count). The van der Waals surface area contributed by atoms with E-state index in [1.54, 1.807) is 17.5 Å². The first-order chi connectivity index (χ1) is 7.25. The zero-order chi connectivity index (χ0) is 10.7. The molecule has 0 bridgehead atoms. The Labute approximate surface area is 88.8 Å². The third-order valence-corrected chi connectivity index (χ3v) is 2.26. The van der Waals surface area contributed by atoms with Gasteiger partial charge in [-0.3, -0.25) is 4.79 Å². The van der Waals surface area contributed by atoms with Crippen molar-refractivity contribution in [1.82, 2.24) is 4.98 Å². The van der Waals surface area contributed by atoms with Gasteiger partial charge in [0.15, 0.2) is 11.6 Å². The minimum Gasteiger partial charge on any atom is -0.428 e. The Bertz CT molecular complexity index is 527. The average molecular weight is 223 g/mol. The second-order valence-electron chi connectivity index (χ2n) is 2.67. The highest BCUT2D eigenvalue weighted by atomic mass is 32.1. The van der Waals surface area contributed by atoms with Crippen molar-refractivity contribution >= 4 is 11.3 Å². The van der Waals surface area contributed by atoms with E-state index in [1.807, 2.05) is 0 Å². The van der Waals surface area contributed by atoms with Gasteiger partial charge in [0.05, 0.1) is 0 Å². The Hall–Kier alpha value is -1.75. The molecule has 0 fully saturated rings. The first-order valence-electron chi connectivity index (χ1n) is 4.14. The quantitative estimate of drug-likeness (QED) is 0.784. The van der Waals surface area contributed by atoms with E-state index in [2.05, 4.69) is 4.98 Å². The number of rotatable bonds is 2. The normalized spacial score (nSPS) is 9.93. The minimum absolute atomic E-state index is 0.0619. The molecule has 1 aromatic heterocycles. The molecule has 3 nitrogen and oxygen atoms in total. The molecule has 0 saturated heterocycles. The maximum atomic E-state index is 13.1. The number of hydrogen-bond acceptors (Lipinski definition) is 4. The number of para-hydroxylation sites is 1. The Morgan fingerprint density at radius 2 is 2.07 bits per heavy atom. The third-order valence-electron chi connectivity index (χ3n) is 1.61. The van der Waals surface area contributed by atoms with Crippen LogP contribution in [0.5, 0.6) is 10.9 Å². The molecular weight excluding hydrogens is 217 g/mol. The lowest BCUT2D eigenvalue weighted by molar-refractivity contribution is 0.437. The van der Waals surface area contributed by atoms with E-state index < -0.39 is 11.4 Å². The largest absolute Gasteiger partial charge is 0.428 e. The summed E-state index contributed by atoms with van der Waals surface area (Å²) in [6.07, 6.45) is 0. The van der Waals surface area contributed by atoms with E-state index in [1.165, 1.54) is 18.2 Å². The first kappa shape index (κ1) is 9.79. The fourth-order valence-electron chi connectivity index (χ4n) is 0.972.